The van der Waals surface area contributed by atoms with Gasteiger partial charge in [-0.15, -0.1) is 0 Å². The van der Waals surface area contributed by atoms with Crippen molar-refractivity contribution in [1.29, 1.82) is 0 Å². The van der Waals surface area contributed by atoms with Crippen LogP contribution in [0.2, 0.25) is 0 Å². The second-order valence-corrected chi connectivity index (χ2v) is 6.75. The number of carbonyl (C=O) groups excluding carboxylic acids is 2. The molecule has 2 aromatic carbocycles. The molecular weight excluding hydrogens is 398 g/mol. The first kappa shape index (κ1) is 24.4. The minimum Gasteiger partial charge on any atom is -0.491 e. The van der Waals surface area contributed by atoms with Gasteiger partial charge in [-0.25, -0.2) is 4.79 Å². The van der Waals surface area contributed by atoms with Crippen LogP contribution in [-0.2, 0) is 14.2 Å². The van der Waals surface area contributed by atoms with E-state index in [1.165, 1.54) is 0 Å². The minimum atomic E-state index is -0.363. The zero-order valence-electron chi connectivity index (χ0n) is 18.0. The molecule has 7 heteroatoms. The summed E-state index contributed by atoms with van der Waals surface area (Å²) in [6.45, 7) is 5.23. The van der Waals surface area contributed by atoms with Crippen molar-refractivity contribution in [2.45, 2.75) is 19.8 Å². The van der Waals surface area contributed by atoms with E-state index in [0.717, 1.165) is 31.4 Å². The number of hydrogen-bond donors (Lipinski definition) is 1. The van der Waals surface area contributed by atoms with Crippen molar-refractivity contribution in [2.75, 3.05) is 51.5 Å². The second-order valence-electron chi connectivity index (χ2n) is 6.75. The molecule has 0 aromatic heterocycles. The van der Waals surface area contributed by atoms with Crippen molar-refractivity contribution in [3.05, 3.63) is 59.7 Å². The number of nitrogens with one attached hydrogen (secondary N) is 1. The van der Waals surface area contributed by atoms with Gasteiger partial charge in [-0.2, -0.15) is 0 Å². The topological polar surface area (TPSA) is 83.1 Å². The van der Waals surface area contributed by atoms with Crippen LogP contribution in [0.15, 0.2) is 48.5 Å². The molecule has 0 saturated heterocycles. The molecular formula is C24H31NO6. The second kappa shape index (κ2) is 15.0. The summed E-state index contributed by atoms with van der Waals surface area (Å²) in [7, 11) is 0. The molecule has 1 N–H and O–H groups in total. The molecule has 0 fully saturated rings. The van der Waals surface area contributed by atoms with E-state index in [0.29, 0.717) is 49.9 Å². The average Bonchev–Trinajstić information content (AvgIpc) is 2.81. The molecule has 7 nitrogen and oxygen atoms in total. The Hall–Kier alpha value is -2.90. The largest absolute Gasteiger partial charge is 0.491 e. The highest BCUT2D eigenvalue weighted by atomic mass is 16.6. The lowest BCUT2D eigenvalue weighted by Gasteiger charge is -2.09. The van der Waals surface area contributed by atoms with E-state index in [4.69, 9.17) is 18.9 Å². The molecule has 2 aromatic rings. The Labute approximate surface area is 183 Å². The molecule has 0 amide bonds. The van der Waals surface area contributed by atoms with Crippen LogP contribution < -0.4 is 10.1 Å². The average molecular weight is 430 g/mol. The molecule has 0 spiro atoms. The molecule has 0 aliphatic rings. The van der Waals surface area contributed by atoms with E-state index < -0.39 is 0 Å². The Bertz CT molecular complexity index is 761. The third kappa shape index (κ3) is 10.1. The van der Waals surface area contributed by atoms with Crippen LogP contribution >= 0.6 is 0 Å². The molecule has 0 unspecified atom stereocenters. The van der Waals surface area contributed by atoms with Gasteiger partial charge in [0, 0.05) is 17.8 Å². The third-order valence-corrected chi connectivity index (χ3v) is 4.33. The monoisotopic (exact) mass is 429 g/mol. The number of aldehydes is 1. The molecule has 0 saturated carbocycles. The molecule has 0 heterocycles. The van der Waals surface area contributed by atoms with Gasteiger partial charge < -0.3 is 24.3 Å². The first-order valence-corrected chi connectivity index (χ1v) is 10.6. The molecule has 2 rings (SSSR count). The van der Waals surface area contributed by atoms with Crippen molar-refractivity contribution in [1.82, 2.24) is 0 Å². The van der Waals surface area contributed by atoms with E-state index in [1.54, 1.807) is 36.4 Å². The van der Waals surface area contributed by atoms with E-state index in [2.05, 4.69) is 12.2 Å². The fraction of sp³-hybridized carbons (Fsp3) is 0.417. The Morgan fingerprint density at radius 2 is 1.52 bits per heavy atom. The summed E-state index contributed by atoms with van der Waals surface area (Å²) in [6, 6.07) is 14.2. The van der Waals surface area contributed by atoms with Gasteiger partial charge in [0.2, 0.25) is 0 Å². The summed E-state index contributed by atoms with van der Waals surface area (Å²) in [5.41, 5.74) is 2.12. The van der Waals surface area contributed by atoms with Gasteiger partial charge in [0.05, 0.1) is 32.0 Å². The predicted octanol–water partition coefficient (Wildman–Crippen LogP) is 3.98. The standard InChI is InChI=1S/C24H31NO6/c1-2-3-12-25-22-8-6-21(7-9-22)24(27)31-18-16-29-14-13-28-15-17-30-23-10-4-20(19-26)5-11-23/h4-11,19,25H,2-3,12-18H2,1H3. The van der Waals surface area contributed by atoms with Crippen LogP contribution in [0.25, 0.3) is 0 Å². The van der Waals surface area contributed by atoms with Crippen LogP contribution in [0.1, 0.15) is 40.5 Å². The lowest BCUT2D eigenvalue weighted by atomic mass is 10.2. The van der Waals surface area contributed by atoms with Crippen molar-refractivity contribution in [3.8, 4) is 5.75 Å². The van der Waals surface area contributed by atoms with Crippen molar-refractivity contribution < 1.29 is 28.5 Å². The zero-order chi connectivity index (χ0) is 22.2. The number of anilines is 1. The summed E-state index contributed by atoms with van der Waals surface area (Å²) in [5.74, 6) is 0.327. The SMILES string of the molecule is CCCCNc1ccc(C(=O)OCCOCCOCCOc2ccc(C=O)cc2)cc1. The number of benzene rings is 2. The van der Waals surface area contributed by atoms with Gasteiger partial charge in [-0.1, -0.05) is 13.3 Å². The van der Waals surface area contributed by atoms with Crippen LogP contribution in [-0.4, -0.2) is 58.4 Å². The van der Waals surface area contributed by atoms with Gasteiger partial charge in [-0.3, -0.25) is 4.79 Å². The van der Waals surface area contributed by atoms with Gasteiger partial charge in [0.15, 0.2) is 0 Å². The van der Waals surface area contributed by atoms with E-state index in [-0.39, 0.29) is 12.6 Å². The van der Waals surface area contributed by atoms with Gasteiger partial charge in [0.1, 0.15) is 25.2 Å². The number of ether oxygens (including phenoxy) is 4. The summed E-state index contributed by atoms with van der Waals surface area (Å²) >= 11 is 0. The minimum absolute atomic E-state index is 0.190. The first-order chi connectivity index (χ1) is 15.2. The predicted molar refractivity (Wildman–Crippen MR) is 119 cm³/mol. The summed E-state index contributed by atoms with van der Waals surface area (Å²) < 4.78 is 21.5. The van der Waals surface area contributed by atoms with Crippen molar-refractivity contribution in [2.24, 2.45) is 0 Å². The third-order valence-electron chi connectivity index (χ3n) is 4.33. The quantitative estimate of drug-likeness (QED) is 0.245. The molecule has 0 atom stereocenters. The molecule has 0 bridgehead atoms. The van der Waals surface area contributed by atoms with Gasteiger partial charge in [-0.05, 0) is 55.0 Å². The highest BCUT2D eigenvalue weighted by Gasteiger charge is 2.06. The van der Waals surface area contributed by atoms with Gasteiger partial charge in [0.25, 0.3) is 0 Å². The summed E-state index contributed by atoms with van der Waals surface area (Å²) in [5, 5.41) is 3.31. The highest BCUT2D eigenvalue weighted by Crippen LogP contribution is 2.11. The molecule has 31 heavy (non-hydrogen) atoms. The maximum absolute atomic E-state index is 12.0. The molecule has 168 valence electrons. The van der Waals surface area contributed by atoms with Crippen LogP contribution in [0.4, 0.5) is 5.69 Å². The van der Waals surface area contributed by atoms with Crippen LogP contribution in [0.3, 0.4) is 0 Å². The van der Waals surface area contributed by atoms with E-state index in [1.807, 2.05) is 12.1 Å². The van der Waals surface area contributed by atoms with Crippen molar-refractivity contribution in [3.63, 3.8) is 0 Å². The Kier molecular flexibility index (Phi) is 11.8. The molecule has 0 aliphatic heterocycles. The Morgan fingerprint density at radius 1 is 0.871 bits per heavy atom. The smallest absolute Gasteiger partial charge is 0.338 e. The lowest BCUT2D eigenvalue weighted by molar-refractivity contribution is 0.0106. The number of esters is 1. The normalized spacial score (nSPS) is 10.5. The van der Waals surface area contributed by atoms with E-state index >= 15 is 0 Å². The fourth-order valence-electron chi connectivity index (χ4n) is 2.59. The van der Waals surface area contributed by atoms with Crippen LogP contribution in [0, 0.1) is 0 Å². The maximum atomic E-state index is 12.0. The van der Waals surface area contributed by atoms with E-state index in [9.17, 15) is 9.59 Å². The summed E-state index contributed by atoms with van der Waals surface area (Å²) in [6.07, 6.45) is 3.04. The Morgan fingerprint density at radius 3 is 2.16 bits per heavy atom. The maximum Gasteiger partial charge on any atom is 0.338 e. The highest BCUT2D eigenvalue weighted by molar-refractivity contribution is 5.89. The fourth-order valence-corrected chi connectivity index (χ4v) is 2.59. The summed E-state index contributed by atoms with van der Waals surface area (Å²) in [4.78, 5) is 22.6. The Balaban J connectivity index is 1.45. The van der Waals surface area contributed by atoms with Crippen LogP contribution in [0.5, 0.6) is 5.75 Å². The number of unbranched alkanes of at least 4 members (excludes halogenated alkanes) is 1. The molecule has 0 radical (unpaired) electrons. The van der Waals surface area contributed by atoms with Gasteiger partial charge >= 0.3 is 5.97 Å². The first-order valence-electron chi connectivity index (χ1n) is 10.6. The lowest BCUT2D eigenvalue weighted by Crippen LogP contribution is -2.14. The molecule has 0 aliphatic carbocycles. The number of carbonyl (C=O) groups is 2. The van der Waals surface area contributed by atoms with Crippen molar-refractivity contribution >= 4 is 17.9 Å². The number of rotatable bonds is 16. The zero-order valence-corrected chi connectivity index (χ0v) is 18.0. The number of hydrogen-bond acceptors (Lipinski definition) is 7.